The number of ether oxygens (including phenoxy) is 1. The summed E-state index contributed by atoms with van der Waals surface area (Å²) < 4.78 is 30.1. The Hall–Kier alpha value is -2.72. The van der Waals surface area contributed by atoms with Crippen molar-refractivity contribution < 1.29 is 22.7 Å². The van der Waals surface area contributed by atoms with Gasteiger partial charge >= 0.3 is 5.97 Å². The molecule has 0 unspecified atom stereocenters. The number of amides is 1. The second-order valence-corrected chi connectivity index (χ2v) is 8.79. The lowest BCUT2D eigenvalue weighted by Gasteiger charge is -2.16. The van der Waals surface area contributed by atoms with Gasteiger partial charge in [0.15, 0.2) is 10.8 Å². The van der Waals surface area contributed by atoms with Crippen LogP contribution in [0.1, 0.15) is 29.4 Å². The molecule has 148 valence electrons. The fraction of sp³-hybridized carbons (Fsp3) is 0.278. The lowest BCUT2D eigenvalue weighted by atomic mass is 10.2. The predicted octanol–water partition coefficient (Wildman–Crippen LogP) is 2.51. The summed E-state index contributed by atoms with van der Waals surface area (Å²) in [6.07, 6.45) is 3.57. The first-order chi connectivity index (χ1) is 13.4. The number of hydrogen-bond donors (Lipinski definition) is 1. The third-order valence-electron chi connectivity index (χ3n) is 3.93. The van der Waals surface area contributed by atoms with Gasteiger partial charge in [-0.05, 0) is 37.1 Å². The summed E-state index contributed by atoms with van der Waals surface area (Å²) in [6.45, 7) is 2.44. The van der Waals surface area contributed by atoms with Crippen LogP contribution in [0.2, 0.25) is 0 Å². The molecule has 2 heterocycles. The standard InChI is InChI=1S/C18H19N3O5S2/c1-2-26-17(23)15-12-27-18(19-15)20-16(22)9-6-13-4-7-14(8-5-13)21-10-3-11-28(21,24)25/h4-9,12H,2-3,10-11H2,1H3,(H,19,20,22)/b9-6+. The summed E-state index contributed by atoms with van der Waals surface area (Å²) >= 11 is 1.13. The van der Waals surface area contributed by atoms with Gasteiger partial charge in [-0.25, -0.2) is 18.2 Å². The SMILES string of the molecule is CCOC(=O)c1csc(NC(=O)/C=C/c2ccc(N3CCCS3(=O)=O)cc2)n1. The van der Waals surface area contributed by atoms with Crippen LogP contribution in [0.4, 0.5) is 10.8 Å². The maximum atomic E-state index is 12.0. The van der Waals surface area contributed by atoms with Crippen molar-refractivity contribution in [3.63, 3.8) is 0 Å². The van der Waals surface area contributed by atoms with Crippen molar-refractivity contribution in [2.75, 3.05) is 28.5 Å². The average Bonchev–Trinajstić information content (AvgIpc) is 3.26. The normalized spacial score (nSPS) is 15.7. The van der Waals surface area contributed by atoms with Crippen LogP contribution >= 0.6 is 11.3 Å². The van der Waals surface area contributed by atoms with Gasteiger partial charge in [0.25, 0.3) is 0 Å². The highest BCUT2D eigenvalue weighted by molar-refractivity contribution is 7.93. The smallest absolute Gasteiger partial charge is 0.357 e. The van der Waals surface area contributed by atoms with E-state index >= 15 is 0 Å². The zero-order valence-electron chi connectivity index (χ0n) is 15.1. The second-order valence-electron chi connectivity index (χ2n) is 5.91. The number of benzene rings is 1. The zero-order chi connectivity index (χ0) is 20.1. The number of sulfonamides is 1. The van der Waals surface area contributed by atoms with Crippen molar-refractivity contribution in [2.45, 2.75) is 13.3 Å². The first-order valence-electron chi connectivity index (χ1n) is 8.61. The maximum absolute atomic E-state index is 12.0. The van der Waals surface area contributed by atoms with Gasteiger partial charge in [-0.2, -0.15) is 0 Å². The second kappa shape index (κ2) is 8.53. The Labute approximate surface area is 166 Å². The monoisotopic (exact) mass is 421 g/mol. The molecule has 1 aliphatic heterocycles. The summed E-state index contributed by atoms with van der Waals surface area (Å²) in [5, 5.41) is 4.40. The highest BCUT2D eigenvalue weighted by atomic mass is 32.2. The topological polar surface area (TPSA) is 106 Å². The first kappa shape index (κ1) is 20.0. The summed E-state index contributed by atoms with van der Waals surface area (Å²) in [5.41, 5.74) is 1.52. The Kier molecular flexibility index (Phi) is 6.10. The van der Waals surface area contributed by atoms with Crippen LogP contribution in [0, 0.1) is 0 Å². The van der Waals surface area contributed by atoms with Gasteiger partial charge < -0.3 is 4.74 Å². The third-order valence-corrected chi connectivity index (χ3v) is 6.55. The van der Waals surface area contributed by atoms with E-state index in [1.807, 2.05) is 0 Å². The van der Waals surface area contributed by atoms with Crippen LogP contribution in [0.3, 0.4) is 0 Å². The highest BCUT2D eigenvalue weighted by Gasteiger charge is 2.28. The van der Waals surface area contributed by atoms with Crippen LogP contribution in [0.15, 0.2) is 35.7 Å². The fourth-order valence-electron chi connectivity index (χ4n) is 2.63. The molecular formula is C18H19N3O5S2. The predicted molar refractivity (Wildman–Crippen MR) is 108 cm³/mol. The number of nitrogens with one attached hydrogen (secondary N) is 1. The molecule has 0 atom stereocenters. The molecule has 1 saturated heterocycles. The average molecular weight is 422 g/mol. The van der Waals surface area contributed by atoms with E-state index in [-0.39, 0.29) is 18.1 Å². The lowest BCUT2D eigenvalue weighted by molar-refractivity contribution is -0.111. The Morgan fingerprint density at radius 3 is 2.71 bits per heavy atom. The van der Waals surface area contributed by atoms with Crippen molar-refractivity contribution in [2.24, 2.45) is 0 Å². The molecular weight excluding hydrogens is 402 g/mol. The van der Waals surface area contributed by atoms with E-state index in [1.54, 1.807) is 37.3 Å². The number of hydrogen-bond acceptors (Lipinski definition) is 7. The van der Waals surface area contributed by atoms with Gasteiger partial charge in [0.2, 0.25) is 15.9 Å². The van der Waals surface area contributed by atoms with Crippen LogP contribution in [-0.2, 0) is 19.6 Å². The molecule has 8 nitrogen and oxygen atoms in total. The highest BCUT2D eigenvalue weighted by Crippen LogP contribution is 2.24. The molecule has 2 aromatic rings. The molecule has 1 aromatic heterocycles. The van der Waals surface area contributed by atoms with Crippen LogP contribution < -0.4 is 9.62 Å². The third kappa shape index (κ3) is 4.76. The molecule has 0 aliphatic carbocycles. The Balaban J connectivity index is 1.59. The number of carbonyl (C=O) groups excluding carboxylic acids is 2. The minimum atomic E-state index is -3.21. The number of thiazole rings is 1. The molecule has 1 amide bonds. The van der Waals surface area contributed by atoms with Gasteiger partial charge in [-0.1, -0.05) is 12.1 Å². The van der Waals surface area contributed by atoms with Crippen molar-refractivity contribution in [1.29, 1.82) is 0 Å². The zero-order valence-corrected chi connectivity index (χ0v) is 16.8. The molecule has 1 aromatic carbocycles. The maximum Gasteiger partial charge on any atom is 0.357 e. The quantitative estimate of drug-likeness (QED) is 0.567. The summed E-state index contributed by atoms with van der Waals surface area (Å²) in [5.74, 6) is -0.755. The molecule has 3 rings (SSSR count). The fourth-order valence-corrected chi connectivity index (χ4v) is 4.88. The molecule has 1 fully saturated rings. The van der Waals surface area contributed by atoms with Crippen molar-refractivity contribution >= 4 is 50.1 Å². The van der Waals surface area contributed by atoms with Gasteiger partial charge in [-0.3, -0.25) is 14.4 Å². The minimum Gasteiger partial charge on any atom is -0.461 e. The Morgan fingerprint density at radius 2 is 2.07 bits per heavy atom. The van der Waals surface area contributed by atoms with Crippen LogP contribution in [0.25, 0.3) is 6.08 Å². The number of carbonyl (C=O) groups is 2. The minimum absolute atomic E-state index is 0.151. The van der Waals surface area contributed by atoms with E-state index in [0.717, 1.165) is 16.9 Å². The van der Waals surface area contributed by atoms with E-state index in [1.165, 1.54) is 15.8 Å². The number of anilines is 2. The van der Waals surface area contributed by atoms with E-state index in [2.05, 4.69) is 10.3 Å². The summed E-state index contributed by atoms with van der Waals surface area (Å²) in [4.78, 5) is 27.6. The lowest BCUT2D eigenvalue weighted by Crippen LogP contribution is -2.24. The first-order valence-corrected chi connectivity index (χ1v) is 11.1. The Morgan fingerprint density at radius 1 is 1.32 bits per heavy atom. The van der Waals surface area contributed by atoms with Crippen LogP contribution in [0.5, 0.6) is 0 Å². The molecule has 0 saturated carbocycles. The Bertz CT molecular complexity index is 996. The number of esters is 1. The van der Waals surface area contributed by atoms with Crippen molar-refractivity contribution in [3.8, 4) is 0 Å². The molecule has 28 heavy (non-hydrogen) atoms. The van der Waals surface area contributed by atoms with Crippen molar-refractivity contribution in [3.05, 3.63) is 47.0 Å². The number of rotatable bonds is 6. The molecule has 10 heteroatoms. The summed E-state index contributed by atoms with van der Waals surface area (Å²) in [7, 11) is -3.21. The molecule has 0 radical (unpaired) electrons. The van der Waals surface area contributed by atoms with E-state index < -0.39 is 21.9 Å². The molecule has 1 N–H and O–H groups in total. The van der Waals surface area contributed by atoms with Gasteiger partial charge in [0.05, 0.1) is 18.0 Å². The largest absolute Gasteiger partial charge is 0.461 e. The van der Waals surface area contributed by atoms with Crippen molar-refractivity contribution in [1.82, 2.24) is 4.98 Å². The molecule has 0 bridgehead atoms. The van der Waals surface area contributed by atoms with Gasteiger partial charge in [-0.15, -0.1) is 11.3 Å². The number of aromatic nitrogens is 1. The molecule has 0 spiro atoms. The van der Waals surface area contributed by atoms with E-state index in [9.17, 15) is 18.0 Å². The van der Waals surface area contributed by atoms with E-state index in [0.29, 0.717) is 23.8 Å². The van der Waals surface area contributed by atoms with Crippen LogP contribution in [-0.4, -0.2) is 44.2 Å². The molecule has 1 aliphatic rings. The van der Waals surface area contributed by atoms with E-state index in [4.69, 9.17) is 4.74 Å². The van der Waals surface area contributed by atoms with Gasteiger partial charge in [0.1, 0.15) is 0 Å². The number of nitrogens with zero attached hydrogens (tertiary/aromatic N) is 2. The summed E-state index contributed by atoms with van der Waals surface area (Å²) in [6, 6.07) is 6.92. The van der Waals surface area contributed by atoms with Gasteiger partial charge in [0, 0.05) is 18.0 Å².